The summed E-state index contributed by atoms with van der Waals surface area (Å²) in [5, 5.41) is 0.327. The molecule has 0 saturated carbocycles. The number of carbonyl (C=O) groups is 1. The first kappa shape index (κ1) is 39.5. The number of hydrogen-bond acceptors (Lipinski definition) is 4. The maximum atomic E-state index is 11.7. The molecule has 3 atom stereocenters. The average Bonchev–Trinajstić information content (AvgIpc) is 2.74. The predicted molar refractivity (Wildman–Crippen MR) is 184 cm³/mol. The minimum absolute atomic E-state index is 0.0222. The molecular formula is C35H64O4Si2. The lowest BCUT2D eigenvalue weighted by atomic mass is 9.96. The van der Waals surface area contributed by atoms with E-state index >= 15 is 0 Å². The van der Waals surface area contributed by atoms with Crippen molar-refractivity contribution in [2.24, 2.45) is 5.92 Å². The monoisotopic (exact) mass is 604 g/mol. The van der Waals surface area contributed by atoms with Crippen molar-refractivity contribution in [2.75, 3.05) is 0 Å². The average molecular weight is 605 g/mol. The summed E-state index contributed by atoms with van der Waals surface area (Å²) in [6.45, 7) is 37.5. The highest BCUT2D eigenvalue weighted by Gasteiger charge is 2.41. The van der Waals surface area contributed by atoms with E-state index in [1.807, 2.05) is 20.8 Å². The van der Waals surface area contributed by atoms with Crippen molar-refractivity contribution in [3.05, 3.63) is 59.3 Å². The fourth-order valence-corrected chi connectivity index (χ4v) is 6.60. The van der Waals surface area contributed by atoms with E-state index in [-0.39, 0.29) is 34.4 Å². The number of rotatable bonds is 14. The number of allylic oxidation sites excluding steroid dienone is 8. The van der Waals surface area contributed by atoms with Crippen molar-refractivity contribution in [1.29, 1.82) is 0 Å². The molecule has 4 nitrogen and oxygen atoms in total. The van der Waals surface area contributed by atoms with Crippen LogP contribution in [-0.2, 0) is 18.4 Å². The molecule has 0 aliphatic heterocycles. The Morgan fingerprint density at radius 2 is 1.24 bits per heavy atom. The highest BCUT2D eigenvalue weighted by Crippen LogP contribution is 2.40. The number of carbonyl (C=O) groups excluding carboxylic acids is 1. The fraction of sp³-hybridized carbons (Fsp3) is 0.686. The molecule has 0 fully saturated rings. The third-order valence-electron chi connectivity index (χ3n) is 8.24. The van der Waals surface area contributed by atoms with E-state index in [0.29, 0.717) is 5.92 Å². The maximum absolute atomic E-state index is 11.7. The maximum Gasteiger partial charge on any atom is 0.331 e. The summed E-state index contributed by atoms with van der Waals surface area (Å²) in [6.07, 6.45) is 15.0. The van der Waals surface area contributed by atoms with Gasteiger partial charge in [0.15, 0.2) is 16.6 Å². The normalized spacial score (nSPS) is 17.5. The van der Waals surface area contributed by atoms with Gasteiger partial charge in [-0.1, -0.05) is 102 Å². The summed E-state index contributed by atoms with van der Waals surface area (Å²) in [4.78, 5) is 11.7. The molecule has 6 heteroatoms. The topological polar surface area (TPSA) is 44.8 Å². The van der Waals surface area contributed by atoms with Gasteiger partial charge in [0, 0.05) is 12.2 Å². The van der Waals surface area contributed by atoms with Gasteiger partial charge in [-0.2, -0.15) is 0 Å². The third kappa shape index (κ3) is 15.5. The summed E-state index contributed by atoms with van der Waals surface area (Å²) in [6, 6.07) is 0. The molecule has 0 aromatic rings. The Morgan fingerprint density at radius 3 is 1.73 bits per heavy atom. The lowest BCUT2D eigenvalue weighted by Gasteiger charge is -2.42. The van der Waals surface area contributed by atoms with Gasteiger partial charge in [0.1, 0.15) is 0 Å². The van der Waals surface area contributed by atoms with Crippen LogP contribution in [0.4, 0.5) is 0 Å². The van der Waals surface area contributed by atoms with Crippen molar-refractivity contribution >= 4 is 22.6 Å². The molecule has 0 radical (unpaired) electrons. The van der Waals surface area contributed by atoms with Gasteiger partial charge in [-0.3, -0.25) is 0 Å². The lowest BCUT2D eigenvalue weighted by molar-refractivity contribution is -0.141. The van der Waals surface area contributed by atoms with Crippen LogP contribution < -0.4 is 0 Å². The third-order valence-corrected chi connectivity index (χ3v) is 17.3. The highest BCUT2D eigenvalue weighted by atomic mass is 28.4. The predicted octanol–water partition coefficient (Wildman–Crippen LogP) is 10.7. The molecule has 0 N–H and O–H groups in total. The van der Waals surface area contributed by atoms with Crippen molar-refractivity contribution in [3.63, 3.8) is 0 Å². The molecule has 0 aromatic heterocycles. The smallest absolute Gasteiger partial charge is 0.331 e. The molecule has 0 aromatic carbocycles. The SMILES string of the molecule is CC(=C\C=C\C(C)=C\[C@H](O[Si](C)(C)C(C)(C)C)[C@@H](C)C[C@H](C)O[Si](C)(C)C(C)(C)C)/C=C(C)/C=C/C(=O)OC(C)C. The van der Waals surface area contributed by atoms with Crippen molar-refractivity contribution < 1.29 is 18.4 Å². The van der Waals surface area contributed by atoms with Crippen molar-refractivity contribution in [2.45, 2.75) is 151 Å². The van der Waals surface area contributed by atoms with Crippen molar-refractivity contribution in [1.82, 2.24) is 0 Å². The zero-order valence-corrected chi connectivity index (χ0v) is 31.7. The lowest BCUT2D eigenvalue weighted by Crippen LogP contribution is -2.46. The van der Waals surface area contributed by atoms with Gasteiger partial charge < -0.3 is 13.6 Å². The molecule has 0 bridgehead atoms. The van der Waals surface area contributed by atoms with E-state index in [9.17, 15) is 4.79 Å². The van der Waals surface area contributed by atoms with Crippen molar-refractivity contribution in [3.8, 4) is 0 Å². The van der Waals surface area contributed by atoms with Crippen LogP contribution in [-0.4, -0.2) is 40.9 Å². The molecule has 41 heavy (non-hydrogen) atoms. The standard InChI is InChI=1S/C35H64O4Si2/c1-26(2)37-33(36)22-21-29(5)23-27(3)19-18-20-28(4)24-32(39-41(16,17)35(11,12)13)30(6)25-31(7)38-40(14,15)34(8,9)10/h18-24,26,30-32H,25H2,1-17H3/b20-18+,22-21+,27-19+,28-24+,29-23+/t30-,31-,32-/m0/s1. The summed E-state index contributed by atoms with van der Waals surface area (Å²) < 4.78 is 18.9. The highest BCUT2D eigenvalue weighted by molar-refractivity contribution is 6.74. The van der Waals surface area contributed by atoms with Crippen LogP contribution >= 0.6 is 0 Å². The molecule has 0 saturated heterocycles. The van der Waals surface area contributed by atoms with Crippen LogP contribution in [0.3, 0.4) is 0 Å². The van der Waals surface area contributed by atoms with Gasteiger partial charge in [-0.05, 0) is 90.1 Å². The minimum atomic E-state index is -1.98. The Kier molecular flexibility index (Phi) is 15.8. The van der Waals surface area contributed by atoms with Gasteiger partial charge in [-0.25, -0.2) is 4.79 Å². The quantitative estimate of drug-likeness (QED) is 0.0856. The summed E-state index contributed by atoms with van der Waals surface area (Å²) in [5.41, 5.74) is 3.28. The van der Waals surface area contributed by atoms with Gasteiger partial charge in [0.05, 0.1) is 12.2 Å². The van der Waals surface area contributed by atoms with Gasteiger partial charge in [0.25, 0.3) is 0 Å². The van der Waals surface area contributed by atoms with Gasteiger partial charge in [-0.15, -0.1) is 0 Å². The van der Waals surface area contributed by atoms with Crippen LogP contribution in [0.1, 0.15) is 96.4 Å². The Hall–Kier alpha value is -1.48. The van der Waals surface area contributed by atoms with Crippen LogP contribution in [0.5, 0.6) is 0 Å². The van der Waals surface area contributed by atoms with E-state index in [1.165, 1.54) is 11.6 Å². The van der Waals surface area contributed by atoms with E-state index in [2.05, 4.69) is 126 Å². The number of hydrogen-bond donors (Lipinski definition) is 0. The summed E-state index contributed by atoms with van der Waals surface area (Å²) in [5.74, 6) is 0.00367. The Labute approximate surface area is 256 Å². The fourth-order valence-electron chi connectivity index (χ4n) is 3.81. The molecule has 0 aliphatic carbocycles. The molecule has 0 aliphatic rings. The number of esters is 1. The van der Waals surface area contributed by atoms with E-state index < -0.39 is 16.6 Å². The second-order valence-corrected chi connectivity index (χ2v) is 24.6. The minimum Gasteiger partial charge on any atom is -0.460 e. The van der Waals surface area contributed by atoms with Gasteiger partial charge >= 0.3 is 5.97 Å². The van der Waals surface area contributed by atoms with E-state index in [4.69, 9.17) is 13.6 Å². The molecule has 0 spiro atoms. The van der Waals surface area contributed by atoms with Crippen LogP contribution in [0.25, 0.3) is 0 Å². The molecule has 0 rings (SSSR count). The van der Waals surface area contributed by atoms with Crippen LogP contribution in [0.2, 0.25) is 36.3 Å². The van der Waals surface area contributed by atoms with Crippen LogP contribution in [0.15, 0.2) is 59.3 Å². The summed E-state index contributed by atoms with van der Waals surface area (Å²) in [7, 11) is -3.81. The second kappa shape index (κ2) is 16.4. The number of ether oxygens (including phenoxy) is 1. The Bertz CT molecular complexity index is 983. The van der Waals surface area contributed by atoms with E-state index in [0.717, 1.165) is 17.6 Å². The molecule has 236 valence electrons. The first-order valence-corrected chi connectivity index (χ1v) is 21.2. The zero-order valence-electron chi connectivity index (χ0n) is 29.7. The largest absolute Gasteiger partial charge is 0.460 e. The van der Waals surface area contributed by atoms with Crippen LogP contribution in [0, 0.1) is 5.92 Å². The first-order chi connectivity index (χ1) is 18.4. The Balaban J connectivity index is 5.81. The second-order valence-electron chi connectivity index (χ2n) is 15.1. The van der Waals surface area contributed by atoms with Gasteiger partial charge in [0.2, 0.25) is 0 Å². The Morgan fingerprint density at radius 1 is 0.732 bits per heavy atom. The zero-order chi connectivity index (χ0) is 32.4. The molecule has 0 heterocycles. The molecule has 0 amide bonds. The van der Waals surface area contributed by atoms with E-state index in [1.54, 1.807) is 6.08 Å². The first-order valence-electron chi connectivity index (χ1n) is 15.3. The molecule has 0 unspecified atom stereocenters. The molecular weight excluding hydrogens is 541 g/mol. The summed E-state index contributed by atoms with van der Waals surface area (Å²) >= 11 is 0.